The molecule has 1 fully saturated rings. The number of nitrogens with zero attached hydrogens (tertiary/aromatic N) is 4. The molecule has 2 aromatic rings. The Bertz CT molecular complexity index is 730. The van der Waals surface area contributed by atoms with Gasteiger partial charge in [0.25, 0.3) is 0 Å². The molecule has 2 amide bonds. The quantitative estimate of drug-likeness (QED) is 0.872. The van der Waals surface area contributed by atoms with Crippen molar-refractivity contribution in [2.75, 3.05) is 12.4 Å². The summed E-state index contributed by atoms with van der Waals surface area (Å²) < 4.78 is 8.89. The summed E-state index contributed by atoms with van der Waals surface area (Å²) in [6.07, 6.45) is 7.95. The number of anilines is 1. The monoisotopic (exact) mass is 346 g/mol. The van der Waals surface area contributed by atoms with Gasteiger partial charge < -0.3 is 10.1 Å². The second-order valence-corrected chi connectivity index (χ2v) is 6.55. The van der Waals surface area contributed by atoms with Gasteiger partial charge in [-0.15, -0.1) is 5.10 Å². The van der Waals surface area contributed by atoms with E-state index >= 15 is 0 Å². The number of hydrogen-bond donors (Lipinski definition) is 2. The molecule has 2 N–H and O–H groups in total. The van der Waals surface area contributed by atoms with Gasteiger partial charge in [0, 0.05) is 25.0 Å². The number of amides is 2. The third-order valence-corrected chi connectivity index (χ3v) is 4.58. The van der Waals surface area contributed by atoms with E-state index in [0.29, 0.717) is 24.3 Å². The Kier molecular flexibility index (Phi) is 5.25. The van der Waals surface area contributed by atoms with Gasteiger partial charge in [0.2, 0.25) is 5.88 Å². The molecule has 1 saturated carbocycles. The van der Waals surface area contributed by atoms with Crippen molar-refractivity contribution in [2.45, 2.75) is 51.6 Å². The number of methoxy groups -OCH3 is 1. The van der Waals surface area contributed by atoms with Crippen molar-refractivity contribution in [3.8, 4) is 5.88 Å². The topological polar surface area (TPSA) is 86.0 Å². The summed E-state index contributed by atoms with van der Waals surface area (Å²) in [5, 5.41) is 14.4. The van der Waals surface area contributed by atoms with E-state index in [0.717, 1.165) is 24.1 Å². The van der Waals surface area contributed by atoms with Crippen LogP contribution in [0.3, 0.4) is 0 Å². The van der Waals surface area contributed by atoms with Gasteiger partial charge in [-0.1, -0.05) is 19.3 Å². The summed E-state index contributed by atoms with van der Waals surface area (Å²) in [4.78, 5) is 12.1. The molecular weight excluding hydrogens is 320 g/mol. The predicted octanol–water partition coefficient (Wildman–Crippen LogP) is 2.76. The van der Waals surface area contributed by atoms with Gasteiger partial charge in [-0.2, -0.15) is 5.10 Å². The Morgan fingerprint density at radius 1 is 1.32 bits per heavy atom. The fraction of sp³-hybridized carbons (Fsp3) is 0.588. The van der Waals surface area contributed by atoms with Gasteiger partial charge in [-0.05, 0) is 19.8 Å². The van der Waals surface area contributed by atoms with Crippen LogP contribution in [0.2, 0.25) is 0 Å². The largest absolute Gasteiger partial charge is 0.480 e. The van der Waals surface area contributed by atoms with Gasteiger partial charge in [0.05, 0.1) is 25.3 Å². The van der Waals surface area contributed by atoms with Crippen molar-refractivity contribution in [3.05, 3.63) is 23.5 Å². The summed E-state index contributed by atoms with van der Waals surface area (Å²) >= 11 is 0. The molecular formula is C17H26N6O2. The normalized spacial score (nSPS) is 15.2. The molecule has 0 atom stereocenters. The van der Waals surface area contributed by atoms with Crippen LogP contribution in [0.15, 0.2) is 12.3 Å². The average molecular weight is 346 g/mol. The first-order valence-corrected chi connectivity index (χ1v) is 8.74. The van der Waals surface area contributed by atoms with Crippen molar-refractivity contribution in [2.24, 2.45) is 7.05 Å². The highest BCUT2D eigenvalue weighted by atomic mass is 16.5. The van der Waals surface area contributed by atoms with Crippen LogP contribution in [-0.2, 0) is 13.6 Å². The molecule has 3 rings (SSSR count). The van der Waals surface area contributed by atoms with Crippen LogP contribution < -0.4 is 15.4 Å². The maximum Gasteiger partial charge on any atom is 0.320 e. The van der Waals surface area contributed by atoms with Gasteiger partial charge in [-0.3, -0.25) is 14.7 Å². The Morgan fingerprint density at radius 2 is 2.08 bits per heavy atom. The minimum atomic E-state index is -0.292. The zero-order chi connectivity index (χ0) is 17.8. The Labute approximate surface area is 147 Å². The molecule has 25 heavy (non-hydrogen) atoms. The molecule has 1 aliphatic carbocycles. The molecule has 0 bridgehead atoms. The number of carbonyl (C=O) groups is 1. The van der Waals surface area contributed by atoms with Crippen LogP contribution in [0.1, 0.15) is 49.4 Å². The van der Waals surface area contributed by atoms with E-state index in [4.69, 9.17) is 4.74 Å². The number of rotatable bonds is 5. The highest BCUT2D eigenvalue weighted by Crippen LogP contribution is 2.29. The van der Waals surface area contributed by atoms with E-state index in [9.17, 15) is 4.79 Å². The van der Waals surface area contributed by atoms with Gasteiger partial charge in [0.15, 0.2) is 5.82 Å². The predicted molar refractivity (Wildman–Crippen MR) is 94.7 cm³/mol. The minimum Gasteiger partial charge on any atom is -0.480 e. The Hall–Kier alpha value is -2.51. The SMILES string of the molecule is COc1nn(C)cc1CNC(=O)Nc1cc(C)n(C2CCCCC2)n1. The smallest absolute Gasteiger partial charge is 0.320 e. The zero-order valence-electron chi connectivity index (χ0n) is 15.1. The molecule has 136 valence electrons. The fourth-order valence-corrected chi connectivity index (χ4v) is 3.39. The molecule has 8 nitrogen and oxygen atoms in total. The number of urea groups is 1. The van der Waals surface area contributed by atoms with E-state index in [-0.39, 0.29) is 6.03 Å². The maximum atomic E-state index is 12.1. The van der Waals surface area contributed by atoms with E-state index in [2.05, 4.69) is 25.5 Å². The van der Waals surface area contributed by atoms with Crippen molar-refractivity contribution in [3.63, 3.8) is 0 Å². The summed E-state index contributed by atoms with van der Waals surface area (Å²) in [5.41, 5.74) is 1.90. The number of carbonyl (C=O) groups excluding carboxylic acids is 1. The van der Waals surface area contributed by atoms with Gasteiger partial charge in [0.1, 0.15) is 0 Å². The van der Waals surface area contributed by atoms with E-state index in [1.807, 2.05) is 26.2 Å². The van der Waals surface area contributed by atoms with Crippen LogP contribution in [0.5, 0.6) is 5.88 Å². The van der Waals surface area contributed by atoms with Gasteiger partial charge in [-0.25, -0.2) is 4.79 Å². The molecule has 2 aromatic heterocycles. The first-order valence-electron chi connectivity index (χ1n) is 8.74. The van der Waals surface area contributed by atoms with Crippen molar-refractivity contribution in [1.29, 1.82) is 0 Å². The summed E-state index contributed by atoms with van der Waals surface area (Å²) in [6, 6.07) is 2.07. The standard InChI is InChI=1S/C17H26N6O2/c1-12-9-15(20-23(12)14-7-5-4-6-8-14)19-17(24)18-10-13-11-22(2)21-16(13)25-3/h9,11,14H,4-8,10H2,1-3H3,(H2,18,19,20,24). The third-order valence-electron chi connectivity index (χ3n) is 4.58. The van der Waals surface area contributed by atoms with Crippen molar-refractivity contribution in [1.82, 2.24) is 24.9 Å². The number of aromatic nitrogens is 4. The van der Waals surface area contributed by atoms with Crippen molar-refractivity contribution >= 4 is 11.8 Å². The molecule has 2 heterocycles. The molecule has 0 radical (unpaired) electrons. The lowest BCUT2D eigenvalue weighted by Gasteiger charge is -2.23. The lowest BCUT2D eigenvalue weighted by Crippen LogP contribution is -2.28. The molecule has 8 heteroatoms. The Balaban J connectivity index is 1.57. The number of hydrogen-bond acceptors (Lipinski definition) is 4. The summed E-state index contributed by atoms with van der Waals surface area (Å²) in [5.74, 6) is 1.10. The zero-order valence-corrected chi connectivity index (χ0v) is 15.1. The first kappa shape index (κ1) is 17.3. The van der Waals surface area contributed by atoms with Crippen LogP contribution >= 0.6 is 0 Å². The summed E-state index contributed by atoms with van der Waals surface area (Å²) in [6.45, 7) is 2.37. The second-order valence-electron chi connectivity index (χ2n) is 6.55. The lowest BCUT2D eigenvalue weighted by atomic mass is 9.95. The first-order chi connectivity index (χ1) is 12.1. The molecule has 1 aliphatic rings. The number of aryl methyl sites for hydroxylation is 2. The lowest BCUT2D eigenvalue weighted by molar-refractivity contribution is 0.251. The fourth-order valence-electron chi connectivity index (χ4n) is 3.39. The van der Waals surface area contributed by atoms with Crippen LogP contribution in [0, 0.1) is 6.92 Å². The van der Waals surface area contributed by atoms with Crippen LogP contribution in [0.25, 0.3) is 0 Å². The van der Waals surface area contributed by atoms with E-state index < -0.39 is 0 Å². The third kappa shape index (κ3) is 4.12. The molecule has 0 saturated heterocycles. The second kappa shape index (κ2) is 7.58. The molecule has 0 spiro atoms. The van der Waals surface area contributed by atoms with E-state index in [1.54, 1.807) is 11.8 Å². The Morgan fingerprint density at radius 3 is 2.80 bits per heavy atom. The molecule has 0 aromatic carbocycles. The molecule has 0 unspecified atom stereocenters. The minimum absolute atomic E-state index is 0.292. The summed E-state index contributed by atoms with van der Waals surface area (Å²) in [7, 11) is 3.37. The van der Waals surface area contributed by atoms with Gasteiger partial charge >= 0.3 is 6.03 Å². The maximum absolute atomic E-state index is 12.1. The van der Waals surface area contributed by atoms with Crippen LogP contribution in [-0.4, -0.2) is 32.7 Å². The average Bonchev–Trinajstić information content (AvgIpc) is 3.15. The molecule has 0 aliphatic heterocycles. The number of ether oxygens (including phenoxy) is 1. The van der Waals surface area contributed by atoms with Crippen LogP contribution in [0.4, 0.5) is 10.6 Å². The highest BCUT2D eigenvalue weighted by molar-refractivity contribution is 5.88. The highest BCUT2D eigenvalue weighted by Gasteiger charge is 2.19. The van der Waals surface area contributed by atoms with E-state index in [1.165, 1.54) is 19.3 Å². The number of nitrogens with one attached hydrogen (secondary N) is 2. The van der Waals surface area contributed by atoms with Crippen molar-refractivity contribution < 1.29 is 9.53 Å².